The van der Waals surface area contributed by atoms with E-state index < -0.39 is 0 Å². The second-order valence-electron chi connectivity index (χ2n) is 3.25. The highest BCUT2D eigenvalue weighted by Gasteiger charge is 2.09. The third-order valence-corrected chi connectivity index (χ3v) is 2.16. The van der Waals surface area contributed by atoms with Crippen molar-refractivity contribution in [3.8, 4) is 0 Å². The molecule has 0 spiro atoms. The van der Waals surface area contributed by atoms with Gasteiger partial charge in [-0.05, 0) is 18.6 Å². The molecule has 0 aliphatic heterocycles. The predicted octanol–water partition coefficient (Wildman–Crippen LogP) is 1.12. The van der Waals surface area contributed by atoms with Gasteiger partial charge in [-0.1, -0.05) is 11.6 Å². The first-order valence-corrected chi connectivity index (χ1v) is 5.04. The van der Waals surface area contributed by atoms with E-state index in [1.54, 1.807) is 12.3 Å². The Morgan fingerprint density at radius 2 is 2.19 bits per heavy atom. The number of aromatic nitrogens is 1. The zero-order valence-corrected chi connectivity index (χ0v) is 9.76. The van der Waals surface area contributed by atoms with E-state index in [4.69, 9.17) is 11.6 Å². The first-order valence-electron chi connectivity index (χ1n) is 4.66. The molecular weight excluding hydrogens is 230 g/mol. The molecule has 0 aliphatic rings. The Hall–Kier alpha value is -1.62. The molecule has 6 heteroatoms. The molecule has 0 fully saturated rings. The van der Waals surface area contributed by atoms with Crippen LogP contribution in [0.15, 0.2) is 12.3 Å². The highest BCUT2D eigenvalue weighted by molar-refractivity contribution is 6.32. The van der Waals surface area contributed by atoms with E-state index >= 15 is 0 Å². The Labute approximate surface area is 98.2 Å². The van der Waals surface area contributed by atoms with Crippen LogP contribution >= 0.6 is 11.6 Å². The smallest absolute Gasteiger partial charge is 0.243 e. The molecule has 0 bridgehead atoms. The number of nitrogens with zero attached hydrogens (tertiary/aromatic N) is 1. The van der Waals surface area contributed by atoms with E-state index in [1.165, 1.54) is 6.92 Å². The molecule has 2 amide bonds. The third-order valence-electron chi connectivity index (χ3n) is 1.88. The van der Waals surface area contributed by atoms with Crippen molar-refractivity contribution in [3.63, 3.8) is 0 Å². The average Bonchev–Trinajstić information content (AvgIpc) is 2.21. The largest absolute Gasteiger partial charge is 0.347 e. The van der Waals surface area contributed by atoms with Gasteiger partial charge in [0.15, 0.2) is 5.15 Å². The fourth-order valence-corrected chi connectivity index (χ4v) is 1.32. The van der Waals surface area contributed by atoms with Crippen LogP contribution in [-0.2, 0) is 9.59 Å². The van der Waals surface area contributed by atoms with Crippen molar-refractivity contribution in [1.82, 2.24) is 10.3 Å². The molecule has 1 aromatic rings. The number of halogens is 1. The molecule has 2 N–H and O–H groups in total. The number of aryl methyl sites for hydroxylation is 1. The Balaban J connectivity index is 2.66. The first kappa shape index (κ1) is 12.4. The standard InChI is InChI=1S/C10H12ClN3O2/c1-6-3-4-12-10(11)9(6)14-8(16)5-13-7(2)15/h3-4H,5H2,1-2H3,(H,13,15)(H,14,16). The third kappa shape index (κ3) is 3.51. The molecule has 1 heterocycles. The lowest BCUT2D eigenvalue weighted by atomic mass is 10.2. The van der Waals surface area contributed by atoms with Crippen molar-refractivity contribution in [1.29, 1.82) is 0 Å². The summed E-state index contributed by atoms with van der Waals surface area (Å²) in [5.74, 6) is -0.600. The molecule has 0 aromatic carbocycles. The van der Waals surface area contributed by atoms with Gasteiger partial charge in [0, 0.05) is 13.1 Å². The lowest BCUT2D eigenvalue weighted by molar-refractivity contribution is -0.122. The molecule has 86 valence electrons. The fourth-order valence-electron chi connectivity index (χ4n) is 1.06. The zero-order valence-electron chi connectivity index (χ0n) is 9.00. The molecule has 1 rings (SSSR count). The topological polar surface area (TPSA) is 71.1 Å². The van der Waals surface area contributed by atoms with Crippen LogP contribution in [0.5, 0.6) is 0 Å². The minimum absolute atomic E-state index is 0.0833. The van der Waals surface area contributed by atoms with Gasteiger partial charge in [-0.3, -0.25) is 9.59 Å². The van der Waals surface area contributed by atoms with Gasteiger partial charge in [0.1, 0.15) is 0 Å². The molecule has 0 aliphatic carbocycles. The quantitative estimate of drug-likeness (QED) is 0.779. The maximum Gasteiger partial charge on any atom is 0.243 e. The summed E-state index contributed by atoms with van der Waals surface area (Å²) in [7, 11) is 0. The SMILES string of the molecule is CC(=O)NCC(=O)Nc1c(C)ccnc1Cl. The number of anilines is 1. The van der Waals surface area contributed by atoms with Gasteiger partial charge in [0.05, 0.1) is 12.2 Å². The Morgan fingerprint density at radius 1 is 1.50 bits per heavy atom. The number of pyridine rings is 1. The normalized spacial score (nSPS) is 9.69. The van der Waals surface area contributed by atoms with Gasteiger partial charge < -0.3 is 10.6 Å². The van der Waals surface area contributed by atoms with Crippen molar-refractivity contribution >= 4 is 29.1 Å². The van der Waals surface area contributed by atoms with Crippen LogP contribution in [0.2, 0.25) is 5.15 Å². The summed E-state index contributed by atoms with van der Waals surface area (Å²) in [6.45, 7) is 3.07. The molecule has 0 saturated carbocycles. The number of hydrogen-bond acceptors (Lipinski definition) is 3. The highest BCUT2D eigenvalue weighted by Crippen LogP contribution is 2.22. The minimum atomic E-state index is -0.340. The molecule has 0 saturated heterocycles. The van der Waals surface area contributed by atoms with Gasteiger partial charge in [0.25, 0.3) is 0 Å². The van der Waals surface area contributed by atoms with Gasteiger partial charge in [-0.25, -0.2) is 4.98 Å². The van der Waals surface area contributed by atoms with Crippen molar-refractivity contribution < 1.29 is 9.59 Å². The van der Waals surface area contributed by atoms with Gasteiger partial charge in [-0.2, -0.15) is 0 Å². The number of nitrogens with one attached hydrogen (secondary N) is 2. The van der Waals surface area contributed by atoms with Crippen molar-refractivity contribution in [3.05, 3.63) is 23.0 Å². The number of carbonyl (C=O) groups is 2. The van der Waals surface area contributed by atoms with Crippen LogP contribution in [0.1, 0.15) is 12.5 Å². The molecule has 5 nitrogen and oxygen atoms in total. The number of rotatable bonds is 3. The van der Waals surface area contributed by atoms with Crippen molar-refractivity contribution in [2.75, 3.05) is 11.9 Å². The van der Waals surface area contributed by atoms with Crippen LogP contribution in [0.4, 0.5) is 5.69 Å². The summed E-state index contributed by atoms with van der Waals surface area (Å²) in [5, 5.41) is 5.21. The van der Waals surface area contributed by atoms with Gasteiger partial charge in [-0.15, -0.1) is 0 Å². The van der Waals surface area contributed by atoms with Gasteiger partial charge in [0.2, 0.25) is 11.8 Å². The zero-order chi connectivity index (χ0) is 12.1. The number of hydrogen-bond donors (Lipinski definition) is 2. The van der Waals surface area contributed by atoms with Crippen molar-refractivity contribution in [2.45, 2.75) is 13.8 Å². The van der Waals surface area contributed by atoms with Crippen LogP contribution in [0, 0.1) is 6.92 Å². The molecule has 0 atom stereocenters. The van der Waals surface area contributed by atoms with Crippen LogP contribution < -0.4 is 10.6 Å². The Bertz CT molecular complexity index is 400. The summed E-state index contributed by atoms with van der Waals surface area (Å²) in [4.78, 5) is 25.9. The molecular formula is C10H12ClN3O2. The maximum atomic E-state index is 11.4. The second-order valence-corrected chi connectivity index (χ2v) is 3.61. The highest BCUT2D eigenvalue weighted by atomic mass is 35.5. The Kier molecular flexibility index (Phi) is 4.25. The van der Waals surface area contributed by atoms with Crippen LogP contribution in [0.25, 0.3) is 0 Å². The monoisotopic (exact) mass is 241 g/mol. The predicted molar refractivity (Wildman–Crippen MR) is 61.3 cm³/mol. The molecule has 0 unspecified atom stereocenters. The first-order chi connectivity index (χ1) is 7.50. The summed E-state index contributed by atoms with van der Waals surface area (Å²) < 4.78 is 0. The second kappa shape index (κ2) is 5.46. The van der Waals surface area contributed by atoms with E-state index in [-0.39, 0.29) is 23.5 Å². The average molecular weight is 242 g/mol. The number of carbonyl (C=O) groups excluding carboxylic acids is 2. The van der Waals surface area contributed by atoms with Crippen LogP contribution in [0.3, 0.4) is 0 Å². The molecule has 1 aromatic heterocycles. The van der Waals surface area contributed by atoms with E-state index in [9.17, 15) is 9.59 Å². The van der Waals surface area contributed by atoms with E-state index in [1.807, 2.05) is 6.92 Å². The lowest BCUT2D eigenvalue weighted by Gasteiger charge is -2.09. The minimum Gasteiger partial charge on any atom is -0.347 e. The fraction of sp³-hybridized carbons (Fsp3) is 0.300. The van der Waals surface area contributed by atoms with Crippen molar-refractivity contribution in [2.24, 2.45) is 0 Å². The summed E-state index contributed by atoms with van der Waals surface area (Å²) >= 11 is 5.82. The molecule has 16 heavy (non-hydrogen) atoms. The lowest BCUT2D eigenvalue weighted by Crippen LogP contribution is -2.31. The van der Waals surface area contributed by atoms with Crippen LogP contribution in [-0.4, -0.2) is 23.3 Å². The molecule has 0 radical (unpaired) electrons. The Morgan fingerprint density at radius 3 is 2.75 bits per heavy atom. The maximum absolute atomic E-state index is 11.4. The number of amides is 2. The summed E-state index contributed by atoms with van der Waals surface area (Å²) in [5.41, 5.74) is 1.29. The van der Waals surface area contributed by atoms with E-state index in [0.29, 0.717) is 5.69 Å². The van der Waals surface area contributed by atoms with E-state index in [0.717, 1.165) is 5.56 Å². The summed E-state index contributed by atoms with van der Waals surface area (Å²) in [6.07, 6.45) is 1.56. The van der Waals surface area contributed by atoms with Gasteiger partial charge >= 0.3 is 0 Å². The summed E-state index contributed by atoms with van der Waals surface area (Å²) in [6, 6.07) is 1.74. The van der Waals surface area contributed by atoms with E-state index in [2.05, 4.69) is 15.6 Å².